The third-order valence-electron chi connectivity index (χ3n) is 3.20. The van der Waals surface area contributed by atoms with Gasteiger partial charge in [-0.2, -0.15) is 0 Å². The number of hydrogen-bond acceptors (Lipinski definition) is 0. The predicted octanol–water partition coefficient (Wildman–Crippen LogP) is 4.54. The van der Waals surface area contributed by atoms with Crippen molar-refractivity contribution in [2.75, 3.05) is 0 Å². The van der Waals surface area contributed by atoms with Crippen molar-refractivity contribution in [3.8, 4) is 11.8 Å². The van der Waals surface area contributed by atoms with Gasteiger partial charge in [0.15, 0.2) is 0 Å². The first-order valence-electron chi connectivity index (χ1n) is 6.36. The Morgan fingerprint density at radius 2 is 1.14 bits per heavy atom. The Balaban J connectivity index is 2.29. The molecule has 14 heavy (non-hydrogen) atoms. The van der Waals surface area contributed by atoms with Crippen LogP contribution in [0.15, 0.2) is 0 Å². The van der Waals surface area contributed by atoms with Gasteiger partial charge in [-0.15, -0.1) is 11.8 Å². The normalized spacial score (nSPS) is 21.8. The highest BCUT2D eigenvalue weighted by atomic mass is 14.1. The number of rotatable bonds is 0. The average molecular weight is 192 g/mol. The van der Waals surface area contributed by atoms with E-state index < -0.39 is 0 Å². The van der Waals surface area contributed by atoms with Gasteiger partial charge in [0.05, 0.1) is 0 Å². The minimum atomic E-state index is 0.707. The summed E-state index contributed by atoms with van der Waals surface area (Å²) in [4.78, 5) is 0. The lowest BCUT2D eigenvalue weighted by molar-refractivity contribution is 0.501. The molecule has 1 aliphatic rings. The van der Waals surface area contributed by atoms with E-state index >= 15 is 0 Å². The monoisotopic (exact) mass is 192 g/mol. The molecule has 1 rings (SSSR count). The summed E-state index contributed by atoms with van der Waals surface area (Å²) >= 11 is 0. The first kappa shape index (κ1) is 11.6. The maximum atomic E-state index is 3.37. The molecule has 0 nitrogen and oxygen atoms in total. The highest BCUT2D eigenvalue weighted by Gasteiger charge is 2.06. The second-order valence-electron chi connectivity index (χ2n) is 4.50. The van der Waals surface area contributed by atoms with E-state index in [4.69, 9.17) is 0 Å². The van der Waals surface area contributed by atoms with E-state index in [-0.39, 0.29) is 0 Å². The van der Waals surface area contributed by atoms with E-state index in [2.05, 4.69) is 11.8 Å². The van der Waals surface area contributed by atoms with Crippen LogP contribution in [-0.2, 0) is 0 Å². The first-order chi connectivity index (χ1) is 6.93. The van der Waals surface area contributed by atoms with Gasteiger partial charge in [-0.25, -0.2) is 0 Å². The van der Waals surface area contributed by atoms with Crippen LogP contribution in [0.2, 0.25) is 0 Å². The molecule has 0 saturated heterocycles. The molecule has 0 N–H and O–H groups in total. The van der Waals surface area contributed by atoms with Crippen LogP contribution < -0.4 is 0 Å². The highest BCUT2D eigenvalue weighted by Crippen LogP contribution is 2.20. The quantitative estimate of drug-likeness (QED) is 0.494. The molecule has 0 bridgehead atoms. The van der Waals surface area contributed by atoms with E-state index in [0.717, 1.165) is 0 Å². The van der Waals surface area contributed by atoms with Gasteiger partial charge in [-0.05, 0) is 19.8 Å². The molecule has 0 aromatic carbocycles. The smallest absolute Gasteiger partial charge is 0.0202 e. The molecular weight excluding hydrogens is 168 g/mol. The summed E-state index contributed by atoms with van der Waals surface area (Å²) in [5, 5.41) is 0. The predicted molar refractivity (Wildman–Crippen MR) is 63.1 cm³/mol. The van der Waals surface area contributed by atoms with Crippen LogP contribution in [0.4, 0.5) is 0 Å². The molecule has 0 atom stereocenters. The van der Waals surface area contributed by atoms with Crippen molar-refractivity contribution in [3.05, 3.63) is 0 Å². The molecular formula is C14H24. The van der Waals surface area contributed by atoms with Crippen molar-refractivity contribution in [1.29, 1.82) is 0 Å². The Hall–Kier alpha value is -0.440. The van der Waals surface area contributed by atoms with E-state index in [1.165, 1.54) is 64.2 Å². The van der Waals surface area contributed by atoms with E-state index in [1.807, 2.05) is 6.92 Å². The Labute approximate surface area is 89.5 Å². The van der Waals surface area contributed by atoms with Gasteiger partial charge in [-0.3, -0.25) is 0 Å². The molecule has 0 unspecified atom stereocenters. The zero-order valence-electron chi connectivity index (χ0n) is 9.65. The van der Waals surface area contributed by atoms with Crippen LogP contribution in [0.25, 0.3) is 0 Å². The lowest BCUT2D eigenvalue weighted by atomic mass is 9.96. The first-order valence-corrected chi connectivity index (χ1v) is 6.36. The minimum absolute atomic E-state index is 0.707. The Bertz CT molecular complexity index is 170. The third kappa shape index (κ3) is 5.32. The molecule has 0 aromatic rings. The zero-order valence-corrected chi connectivity index (χ0v) is 9.65. The van der Waals surface area contributed by atoms with Crippen LogP contribution in [0.3, 0.4) is 0 Å². The zero-order chi connectivity index (χ0) is 10.1. The molecule has 0 aliphatic heterocycles. The van der Waals surface area contributed by atoms with Gasteiger partial charge in [0, 0.05) is 5.92 Å². The summed E-state index contributed by atoms with van der Waals surface area (Å²) in [6, 6.07) is 0. The summed E-state index contributed by atoms with van der Waals surface area (Å²) in [6.45, 7) is 1.98. The topological polar surface area (TPSA) is 0 Å². The second-order valence-corrected chi connectivity index (χ2v) is 4.50. The van der Waals surface area contributed by atoms with Gasteiger partial charge in [0.2, 0.25) is 0 Å². The summed E-state index contributed by atoms with van der Waals surface area (Å²) in [7, 11) is 0. The molecule has 1 saturated carbocycles. The molecule has 0 radical (unpaired) electrons. The Morgan fingerprint density at radius 3 is 1.57 bits per heavy atom. The van der Waals surface area contributed by atoms with E-state index in [1.54, 1.807) is 0 Å². The summed E-state index contributed by atoms with van der Waals surface area (Å²) < 4.78 is 0. The van der Waals surface area contributed by atoms with Crippen molar-refractivity contribution in [1.82, 2.24) is 0 Å². The number of hydrogen-bond donors (Lipinski definition) is 0. The standard InChI is InChI=1S/C14H24/c1-2-11-14-12-9-7-5-3-4-6-8-10-13-14/h14H,3-10,12-13H2,1H3. The van der Waals surface area contributed by atoms with Gasteiger partial charge in [-0.1, -0.05) is 51.4 Å². The van der Waals surface area contributed by atoms with Crippen LogP contribution in [0.5, 0.6) is 0 Å². The third-order valence-corrected chi connectivity index (χ3v) is 3.20. The lowest BCUT2D eigenvalue weighted by Gasteiger charge is -2.08. The van der Waals surface area contributed by atoms with Gasteiger partial charge >= 0.3 is 0 Å². The van der Waals surface area contributed by atoms with Gasteiger partial charge < -0.3 is 0 Å². The van der Waals surface area contributed by atoms with E-state index in [9.17, 15) is 0 Å². The van der Waals surface area contributed by atoms with Crippen molar-refractivity contribution < 1.29 is 0 Å². The van der Waals surface area contributed by atoms with Crippen molar-refractivity contribution in [2.24, 2.45) is 5.92 Å². The maximum absolute atomic E-state index is 3.37. The fourth-order valence-electron chi connectivity index (χ4n) is 2.33. The Morgan fingerprint density at radius 1 is 0.714 bits per heavy atom. The van der Waals surface area contributed by atoms with Crippen LogP contribution in [0, 0.1) is 17.8 Å². The van der Waals surface area contributed by atoms with Gasteiger partial charge in [0.1, 0.15) is 0 Å². The van der Waals surface area contributed by atoms with Crippen molar-refractivity contribution in [2.45, 2.75) is 71.1 Å². The molecule has 0 spiro atoms. The lowest BCUT2D eigenvalue weighted by Crippen LogP contribution is -1.97. The molecule has 1 aliphatic carbocycles. The SMILES string of the molecule is CC#CC1CCCCCCCCCC1. The molecule has 0 aromatic heterocycles. The second kappa shape index (κ2) is 7.92. The minimum Gasteiger partial charge on any atom is -0.106 e. The maximum Gasteiger partial charge on any atom is 0.0202 e. The summed E-state index contributed by atoms with van der Waals surface area (Å²) in [6.07, 6.45) is 14.2. The summed E-state index contributed by atoms with van der Waals surface area (Å²) in [5.74, 6) is 7.16. The molecule has 0 amide bonds. The molecule has 1 fully saturated rings. The van der Waals surface area contributed by atoms with Crippen LogP contribution in [-0.4, -0.2) is 0 Å². The fraction of sp³-hybridized carbons (Fsp3) is 0.857. The Kier molecular flexibility index (Phi) is 6.58. The molecule has 0 heteroatoms. The van der Waals surface area contributed by atoms with Crippen molar-refractivity contribution in [3.63, 3.8) is 0 Å². The molecule has 80 valence electrons. The molecule has 0 heterocycles. The fourth-order valence-corrected chi connectivity index (χ4v) is 2.33. The average Bonchev–Trinajstić information content (AvgIpc) is 2.24. The highest BCUT2D eigenvalue weighted by molar-refractivity contribution is 5.00. The van der Waals surface area contributed by atoms with Gasteiger partial charge in [0.25, 0.3) is 0 Å². The van der Waals surface area contributed by atoms with Crippen LogP contribution >= 0.6 is 0 Å². The summed E-state index contributed by atoms with van der Waals surface area (Å²) in [5.41, 5.74) is 0. The largest absolute Gasteiger partial charge is 0.106 e. The van der Waals surface area contributed by atoms with E-state index in [0.29, 0.717) is 5.92 Å². The van der Waals surface area contributed by atoms with Crippen LogP contribution in [0.1, 0.15) is 71.1 Å². The van der Waals surface area contributed by atoms with Crippen molar-refractivity contribution >= 4 is 0 Å².